The van der Waals surface area contributed by atoms with Gasteiger partial charge >= 0.3 is 6.18 Å². The summed E-state index contributed by atoms with van der Waals surface area (Å²) >= 11 is 0. The van der Waals surface area contributed by atoms with Crippen LogP contribution >= 0.6 is 0 Å². The first-order valence-electron chi connectivity index (χ1n) is 11.0. The van der Waals surface area contributed by atoms with Gasteiger partial charge in [-0.1, -0.05) is 23.4 Å². The number of hydrogen-bond donors (Lipinski definition) is 0. The highest BCUT2D eigenvalue weighted by atomic mass is 19.4. The second kappa shape index (κ2) is 7.94. The predicted octanol–water partition coefficient (Wildman–Crippen LogP) is 4.37. The van der Waals surface area contributed by atoms with Gasteiger partial charge in [0.1, 0.15) is 5.76 Å². The molecular formula is C23H24F3N3O3. The maximum Gasteiger partial charge on any atom is 0.416 e. The molecule has 3 fully saturated rings. The van der Waals surface area contributed by atoms with E-state index in [0.29, 0.717) is 31.7 Å². The largest absolute Gasteiger partial charge is 0.416 e. The third-order valence-electron chi connectivity index (χ3n) is 6.77. The highest BCUT2D eigenvalue weighted by molar-refractivity contribution is 5.93. The van der Waals surface area contributed by atoms with Gasteiger partial charge in [-0.2, -0.15) is 13.2 Å². The molecule has 2 aliphatic heterocycles. The van der Waals surface area contributed by atoms with Crippen LogP contribution in [0.25, 0.3) is 0 Å². The van der Waals surface area contributed by atoms with Crippen LogP contribution in [0.5, 0.6) is 0 Å². The molecule has 6 nitrogen and oxygen atoms in total. The number of carbonyl (C=O) groups is 2. The Hall–Kier alpha value is -2.84. The van der Waals surface area contributed by atoms with Crippen molar-refractivity contribution in [3.63, 3.8) is 0 Å². The standard InChI is InChI=1S/C23H24F3N3O3/c24-23(25,26)16-5-2-1-4-15(16)13-29-19-10-11-28(18(19)6-3-7-21(29)30)22(31)17-12-20(32-27-17)14-8-9-14/h1-2,4-5,12,14,18-19H,3,6-11,13H2/t18-,19-/m1/s1. The minimum Gasteiger partial charge on any atom is -0.360 e. The van der Waals surface area contributed by atoms with E-state index in [9.17, 15) is 22.8 Å². The van der Waals surface area contributed by atoms with E-state index >= 15 is 0 Å². The highest BCUT2D eigenvalue weighted by Crippen LogP contribution is 2.41. The van der Waals surface area contributed by atoms with Crippen LogP contribution in [0, 0.1) is 0 Å². The van der Waals surface area contributed by atoms with Crippen LogP contribution in [-0.4, -0.2) is 45.4 Å². The maximum atomic E-state index is 13.5. The van der Waals surface area contributed by atoms with E-state index in [0.717, 1.165) is 24.7 Å². The van der Waals surface area contributed by atoms with E-state index in [1.807, 2.05) is 0 Å². The summed E-state index contributed by atoms with van der Waals surface area (Å²) in [5.74, 6) is 0.667. The third kappa shape index (κ3) is 3.89. The zero-order valence-corrected chi connectivity index (χ0v) is 17.5. The van der Waals surface area contributed by atoms with Gasteiger partial charge in [0, 0.05) is 31.5 Å². The average molecular weight is 447 g/mol. The quantitative estimate of drug-likeness (QED) is 0.698. The summed E-state index contributed by atoms with van der Waals surface area (Å²) in [6, 6.07) is 6.51. The molecule has 32 heavy (non-hydrogen) atoms. The number of aromatic nitrogens is 1. The average Bonchev–Trinajstić information content (AvgIpc) is 3.38. The lowest BCUT2D eigenvalue weighted by Crippen LogP contribution is -2.47. The van der Waals surface area contributed by atoms with Gasteiger partial charge in [0.2, 0.25) is 5.91 Å². The van der Waals surface area contributed by atoms with Gasteiger partial charge < -0.3 is 14.3 Å². The summed E-state index contributed by atoms with van der Waals surface area (Å²) in [6.45, 7) is 0.317. The molecule has 0 radical (unpaired) electrons. The molecule has 0 unspecified atom stereocenters. The van der Waals surface area contributed by atoms with Gasteiger partial charge in [0.05, 0.1) is 17.6 Å². The van der Waals surface area contributed by atoms with Gasteiger partial charge in [-0.25, -0.2) is 0 Å². The molecule has 1 aliphatic carbocycles. The van der Waals surface area contributed by atoms with Crippen LogP contribution in [-0.2, 0) is 17.5 Å². The second-order valence-electron chi connectivity index (χ2n) is 8.88. The number of likely N-dealkylation sites (tertiary alicyclic amines) is 2. The molecule has 170 valence electrons. The summed E-state index contributed by atoms with van der Waals surface area (Å²) in [7, 11) is 0. The number of hydrogen-bond acceptors (Lipinski definition) is 4. The molecule has 3 heterocycles. The molecule has 2 aromatic rings. The molecule has 1 saturated carbocycles. The fraction of sp³-hybridized carbons (Fsp3) is 0.522. The second-order valence-corrected chi connectivity index (χ2v) is 8.88. The maximum absolute atomic E-state index is 13.5. The Kier molecular flexibility index (Phi) is 5.22. The van der Waals surface area contributed by atoms with E-state index in [4.69, 9.17) is 4.52 Å². The van der Waals surface area contributed by atoms with Crippen LogP contribution in [0.1, 0.15) is 71.8 Å². The Balaban J connectivity index is 1.39. The van der Waals surface area contributed by atoms with Crippen molar-refractivity contribution in [3.05, 3.63) is 52.9 Å². The topological polar surface area (TPSA) is 66.7 Å². The summed E-state index contributed by atoms with van der Waals surface area (Å²) in [6.07, 6.45) is -0.404. The van der Waals surface area contributed by atoms with E-state index in [1.54, 1.807) is 21.9 Å². The lowest BCUT2D eigenvalue weighted by molar-refractivity contribution is -0.140. The fourth-order valence-electron chi connectivity index (χ4n) is 5.01. The normalized spacial score (nSPS) is 23.9. The molecule has 5 rings (SSSR count). The molecule has 1 aromatic carbocycles. The molecule has 3 aliphatic rings. The molecule has 0 N–H and O–H groups in total. The van der Waals surface area contributed by atoms with Crippen molar-refractivity contribution in [3.8, 4) is 0 Å². The van der Waals surface area contributed by atoms with Crippen molar-refractivity contribution in [2.75, 3.05) is 6.54 Å². The monoisotopic (exact) mass is 447 g/mol. The number of halogens is 3. The number of fused-ring (bicyclic) bond motifs is 1. The van der Waals surface area contributed by atoms with Crippen LogP contribution < -0.4 is 0 Å². The molecule has 0 spiro atoms. The summed E-state index contributed by atoms with van der Waals surface area (Å²) < 4.78 is 45.8. The van der Waals surface area contributed by atoms with Crippen molar-refractivity contribution >= 4 is 11.8 Å². The van der Waals surface area contributed by atoms with Gasteiger partial charge in [0.25, 0.3) is 5.91 Å². The van der Waals surface area contributed by atoms with E-state index in [2.05, 4.69) is 5.16 Å². The van der Waals surface area contributed by atoms with Crippen LogP contribution in [0.15, 0.2) is 34.9 Å². The van der Waals surface area contributed by atoms with Crippen LogP contribution in [0.4, 0.5) is 13.2 Å². The predicted molar refractivity (Wildman–Crippen MR) is 108 cm³/mol. The van der Waals surface area contributed by atoms with E-state index in [1.165, 1.54) is 12.1 Å². The Morgan fingerprint density at radius 1 is 1.12 bits per heavy atom. The number of nitrogens with zero attached hydrogens (tertiary/aromatic N) is 3. The van der Waals surface area contributed by atoms with Gasteiger partial charge in [-0.3, -0.25) is 9.59 Å². The number of benzene rings is 1. The number of amides is 2. The van der Waals surface area contributed by atoms with Gasteiger partial charge in [-0.05, 0) is 43.7 Å². The summed E-state index contributed by atoms with van der Waals surface area (Å²) in [5, 5.41) is 3.95. The first-order valence-corrected chi connectivity index (χ1v) is 11.0. The van der Waals surface area contributed by atoms with Crippen molar-refractivity contribution < 1.29 is 27.3 Å². The minimum absolute atomic E-state index is 0.0735. The van der Waals surface area contributed by atoms with Crippen LogP contribution in [0.3, 0.4) is 0 Å². The first kappa shape index (κ1) is 21.0. The first-order chi connectivity index (χ1) is 15.3. The molecule has 9 heteroatoms. The zero-order chi connectivity index (χ0) is 22.5. The highest BCUT2D eigenvalue weighted by Gasteiger charge is 2.45. The Morgan fingerprint density at radius 2 is 1.91 bits per heavy atom. The van der Waals surface area contributed by atoms with Crippen molar-refractivity contribution in [2.45, 2.75) is 69.2 Å². The molecule has 2 saturated heterocycles. The summed E-state index contributed by atoms with van der Waals surface area (Å²) in [4.78, 5) is 29.3. The lowest BCUT2D eigenvalue weighted by atomic mass is 10.0. The lowest BCUT2D eigenvalue weighted by Gasteiger charge is -2.33. The Bertz CT molecular complexity index is 1030. The molecule has 1 aromatic heterocycles. The smallest absolute Gasteiger partial charge is 0.360 e. The zero-order valence-electron chi connectivity index (χ0n) is 17.5. The van der Waals surface area contributed by atoms with E-state index < -0.39 is 11.7 Å². The van der Waals surface area contributed by atoms with Crippen molar-refractivity contribution in [1.29, 1.82) is 0 Å². The fourth-order valence-corrected chi connectivity index (χ4v) is 5.01. The third-order valence-corrected chi connectivity index (χ3v) is 6.77. The Labute approximate surface area is 183 Å². The molecular weight excluding hydrogens is 423 g/mol. The van der Waals surface area contributed by atoms with Crippen molar-refractivity contribution in [2.24, 2.45) is 0 Å². The number of carbonyl (C=O) groups excluding carboxylic acids is 2. The van der Waals surface area contributed by atoms with Crippen molar-refractivity contribution in [1.82, 2.24) is 15.0 Å². The Morgan fingerprint density at radius 3 is 2.66 bits per heavy atom. The van der Waals surface area contributed by atoms with Gasteiger partial charge in [0.15, 0.2) is 5.69 Å². The number of rotatable bonds is 4. The SMILES string of the molecule is O=C1CCC[C@@H]2[C@@H](CCN2C(=O)c2cc(C3CC3)on2)N1Cc1ccccc1C(F)(F)F. The minimum atomic E-state index is -4.49. The molecule has 2 atom stereocenters. The molecule has 0 bridgehead atoms. The number of alkyl halides is 3. The summed E-state index contributed by atoms with van der Waals surface area (Å²) in [5.41, 5.74) is -0.392. The molecule has 2 amide bonds. The van der Waals surface area contributed by atoms with Crippen LogP contribution in [0.2, 0.25) is 0 Å². The van der Waals surface area contributed by atoms with E-state index in [-0.39, 0.29) is 48.1 Å². The van der Waals surface area contributed by atoms with Gasteiger partial charge in [-0.15, -0.1) is 0 Å².